The van der Waals surface area contributed by atoms with E-state index in [1.165, 1.54) is 18.3 Å². The van der Waals surface area contributed by atoms with Gasteiger partial charge in [-0.15, -0.1) is 0 Å². The second kappa shape index (κ2) is 8.50. The summed E-state index contributed by atoms with van der Waals surface area (Å²) in [5, 5.41) is 24.2. The van der Waals surface area contributed by atoms with Crippen LogP contribution in [0.15, 0.2) is 24.4 Å². The molecule has 2 N–H and O–H groups in total. The van der Waals surface area contributed by atoms with Gasteiger partial charge >= 0.3 is 0 Å². The number of anilines is 2. The first-order valence-electron chi connectivity index (χ1n) is 9.73. The molecule has 0 radical (unpaired) electrons. The van der Waals surface area contributed by atoms with E-state index < -0.39 is 17.3 Å². The van der Waals surface area contributed by atoms with Crippen molar-refractivity contribution in [1.29, 1.82) is 5.26 Å². The maximum atomic E-state index is 14.1. The molecule has 0 aliphatic carbocycles. The van der Waals surface area contributed by atoms with Crippen LogP contribution >= 0.6 is 23.2 Å². The number of halogens is 3. The van der Waals surface area contributed by atoms with E-state index in [0.717, 1.165) is 0 Å². The first-order valence-corrected chi connectivity index (χ1v) is 10.5. The Morgan fingerprint density at radius 1 is 1.42 bits per heavy atom. The number of nitrogens with one attached hydrogen (secondary N) is 1. The van der Waals surface area contributed by atoms with E-state index in [0.29, 0.717) is 40.1 Å². The van der Waals surface area contributed by atoms with Gasteiger partial charge in [0, 0.05) is 31.3 Å². The molecular weight excluding hydrogens is 446 g/mol. The second-order valence-electron chi connectivity index (χ2n) is 7.68. The van der Waals surface area contributed by atoms with E-state index >= 15 is 0 Å². The summed E-state index contributed by atoms with van der Waals surface area (Å²) in [5.74, 6) is -0.687. The minimum atomic E-state index is -1.41. The summed E-state index contributed by atoms with van der Waals surface area (Å²) in [6.07, 6.45) is 2.28. The van der Waals surface area contributed by atoms with Gasteiger partial charge in [0.05, 0.1) is 27.7 Å². The maximum absolute atomic E-state index is 14.1. The van der Waals surface area contributed by atoms with E-state index in [1.807, 2.05) is 4.90 Å². The van der Waals surface area contributed by atoms with Crippen LogP contribution in [0, 0.1) is 23.1 Å². The molecule has 10 heteroatoms. The van der Waals surface area contributed by atoms with Crippen LogP contribution in [0.4, 0.5) is 15.9 Å². The summed E-state index contributed by atoms with van der Waals surface area (Å²) in [7, 11) is 0. The highest BCUT2D eigenvalue weighted by Crippen LogP contribution is 2.37. The van der Waals surface area contributed by atoms with E-state index in [2.05, 4.69) is 16.4 Å². The van der Waals surface area contributed by atoms with Crippen LogP contribution in [-0.4, -0.2) is 41.3 Å². The molecular formula is C21H19Cl2FN4O3. The summed E-state index contributed by atoms with van der Waals surface area (Å²) in [6, 6.07) is 6.42. The van der Waals surface area contributed by atoms with Gasteiger partial charge in [0.1, 0.15) is 29.6 Å². The molecule has 1 aromatic heterocycles. The third kappa shape index (κ3) is 4.26. The number of aromatic nitrogens is 1. The first kappa shape index (κ1) is 21.6. The Kier molecular flexibility index (Phi) is 5.93. The lowest BCUT2D eigenvalue weighted by Gasteiger charge is -2.42. The smallest absolute Gasteiger partial charge is 0.224 e. The van der Waals surface area contributed by atoms with Gasteiger partial charge in [-0.3, -0.25) is 4.79 Å². The zero-order chi connectivity index (χ0) is 22.2. The predicted molar refractivity (Wildman–Crippen MR) is 114 cm³/mol. The van der Waals surface area contributed by atoms with Gasteiger partial charge in [-0.25, -0.2) is 9.37 Å². The van der Waals surface area contributed by atoms with Crippen molar-refractivity contribution in [2.45, 2.75) is 24.9 Å². The Morgan fingerprint density at radius 3 is 2.97 bits per heavy atom. The molecule has 2 unspecified atom stereocenters. The zero-order valence-corrected chi connectivity index (χ0v) is 17.9. The standard InChI is InChI=1S/C21H19Cl2FN4O3/c22-13-7-15(23)20(26-9-13)28-6-5-21(30,12(8-25)10-28)11-31-17-3-2-16(24)19-14(17)1-4-18(29)27-19/h2-3,7,9,12,30H,1,4-6,10-11H2,(H,27,29). The number of ether oxygens (including phenoxy) is 1. The van der Waals surface area contributed by atoms with Gasteiger partial charge in [-0.2, -0.15) is 5.26 Å². The molecule has 1 aromatic carbocycles. The second-order valence-corrected chi connectivity index (χ2v) is 8.52. The highest BCUT2D eigenvalue weighted by Gasteiger charge is 2.43. The van der Waals surface area contributed by atoms with Crippen LogP contribution in [0.25, 0.3) is 0 Å². The number of carbonyl (C=O) groups is 1. The van der Waals surface area contributed by atoms with Crippen molar-refractivity contribution in [3.63, 3.8) is 0 Å². The molecule has 1 amide bonds. The molecule has 2 atom stereocenters. The fourth-order valence-corrected chi connectivity index (χ4v) is 4.41. The van der Waals surface area contributed by atoms with Gasteiger partial charge < -0.3 is 20.1 Å². The van der Waals surface area contributed by atoms with Crippen LogP contribution in [0.1, 0.15) is 18.4 Å². The number of rotatable bonds is 4. The average Bonchev–Trinajstić information content (AvgIpc) is 2.74. The molecule has 31 heavy (non-hydrogen) atoms. The van der Waals surface area contributed by atoms with Crippen LogP contribution in [0.5, 0.6) is 5.75 Å². The average molecular weight is 465 g/mol. The fourth-order valence-electron chi connectivity index (χ4n) is 3.91. The van der Waals surface area contributed by atoms with Crippen molar-refractivity contribution >= 4 is 40.6 Å². The van der Waals surface area contributed by atoms with Crippen LogP contribution < -0.4 is 15.0 Å². The normalized spacial score (nSPS) is 23.0. The molecule has 0 saturated carbocycles. The van der Waals surface area contributed by atoms with Crippen molar-refractivity contribution in [3.05, 3.63) is 45.8 Å². The highest BCUT2D eigenvalue weighted by molar-refractivity contribution is 6.36. The lowest BCUT2D eigenvalue weighted by molar-refractivity contribution is -0.116. The molecule has 1 fully saturated rings. The fraction of sp³-hybridized carbons (Fsp3) is 0.381. The number of carbonyl (C=O) groups excluding carboxylic acids is 1. The maximum Gasteiger partial charge on any atom is 0.224 e. The van der Waals surface area contributed by atoms with Gasteiger partial charge in [-0.05, 0) is 31.0 Å². The van der Waals surface area contributed by atoms with Crippen molar-refractivity contribution in [3.8, 4) is 11.8 Å². The quantitative estimate of drug-likeness (QED) is 0.717. The monoisotopic (exact) mass is 464 g/mol. The topological polar surface area (TPSA) is 98.5 Å². The molecule has 2 aliphatic heterocycles. The number of piperidine rings is 1. The van der Waals surface area contributed by atoms with E-state index in [4.69, 9.17) is 27.9 Å². The summed E-state index contributed by atoms with van der Waals surface area (Å²) >= 11 is 12.1. The largest absolute Gasteiger partial charge is 0.490 e. The summed E-state index contributed by atoms with van der Waals surface area (Å²) in [6.45, 7) is 0.471. The summed E-state index contributed by atoms with van der Waals surface area (Å²) in [4.78, 5) is 17.7. The van der Waals surface area contributed by atoms with Gasteiger partial charge in [-0.1, -0.05) is 23.2 Å². The predicted octanol–water partition coefficient (Wildman–Crippen LogP) is 3.57. The summed E-state index contributed by atoms with van der Waals surface area (Å²) in [5.41, 5.74) is -0.759. The van der Waals surface area contributed by atoms with Gasteiger partial charge in [0.15, 0.2) is 0 Å². The highest BCUT2D eigenvalue weighted by atomic mass is 35.5. The lowest BCUT2D eigenvalue weighted by Crippen LogP contribution is -2.55. The Morgan fingerprint density at radius 2 is 2.23 bits per heavy atom. The number of hydrogen-bond donors (Lipinski definition) is 2. The number of nitriles is 1. The van der Waals surface area contributed by atoms with E-state index in [1.54, 1.807) is 6.07 Å². The van der Waals surface area contributed by atoms with Crippen molar-refractivity contribution in [1.82, 2.24) is 4.98 Å². The van der Waals surface area contributed by atoms with E-state index in [9.17, 15) is 19.6 Å². The Balaban J connectivity index is 1.50. The number of fused-ring (bicyclic) bond motifs is 1. The first-order chi connectivity index (χ1) is 14.8. The molecule has 0 bridgehead atoms. The molecule has 7 nitrogen and oxygen atoms in total. The molecule has 2 aromatic rings. The van der Waals surface area contributed by atoms with Crippen molar-refractivity contribution < 1.29 is 19.0 Å². The lowest BCUT2D eigenvalue weighted by atomic mass is 9.82. The molecule has 0 spiro atoms. The number of pyridine rings is 1. The minimum absolute atomic E-state index is 0.107. The number of aliphatic hydroxyl groups is 1. The number of amides is 1. The van der Waals surface area contributed by atoms with Crippen LogP contribution in [-0.2, 0) is 11.2 Å². The zero-order valence-electron chi connectivity index (χ0n) is 16.4. The third-order valence-electron chi connectivity index (χ3n) is 5.67. The Labute approximate surface area is 188 Å². The van der Waals surface area contributed by atoms with Crippen LogP contribution in [0.3, 0.4) is 0 Å². The molecule has 162 valence electrons. The number of benzene rings is 1. The van der Waals surface area contributed by atoms with Crippen molar-refractivity contribution in [2.75, 3.05) is 29.9 Å². The van der Waals surface area contributed by atoms with Crippen molar-refractivity contribution in [2.24, 2.45) is 5.92 Å². The van der Waals surface area contributed by atoms with Gasteiger partial charge in [0.25, 0.3) is 0 Å². The SMILES string of the molecule is N#CC1CN(c2ncc(Cl)cc2Cl)CCC1(O)COc1ccc(F)c2c1CCC(=O)N2. The molecule has 3 heterocycles. The Bertz CT molecular complexity index is 1080. The number of nitrogens with zero attached hydrogens (tertiary/aromatic N) is 3. The minimum Gasteiger partial charge on any atom is -0.490 e. The molecule has 4 rings (SSSR count). The molecule has 2 aliphatic rings. The molecule has 1 saturated heterocycles. The van der Waals surface area contributed by atoms with E-state index in [-0.39, 0.29) is 37.6 Å². The Hall–Kier alpha value is -2.60. The van der Waals surface area contributed by atoms with Crippen LogP contribution in [0.2, 0.25) is 10.0 Å². The number of hydrogen-bond acceptors (Lipinski definition) is 6. The third-order valence-corrected chi connectivity index (χ3v) is 6.16. The summed E-state index contributed by atoms with van der Waals surface area (Å²) < 4.78 is 19.9. The van der Waals surface area contributed by atoms with Gasteiger partial charge in [0.2, 0.25) is 5.91 Å².